The summed E-state index contributed by atoms with van der Waals surface area (Å²) in [7, 11) is 0. The van der Waals surface area contributed by atoms with E-state index in [1.807, 2.05) is 25.1 Å². The molecule has 1 fully saturated rings. The van der Waals surface area contributed by atoms with E-state index in [1.54, 1.807) is 21.6 Å². The van der Waals surface area contributed by atoms with Crippen molar-refractivity contribution >= 4 is 51.7 Å². The first-order valence-corrected chi connectivity index (χ1v) is 14.8. The maximum Gasteiger partial charge on any atom is 0.267 e. The van der Waals surface area contributed by atoms with Gasteiger partial charge in [0.15, 0.2) is 0 Å². The summed E-state index contributed by atoms with van der Waals surface area (Å²) in [6.07, 6.45) is 11.3. The molecular weight excluding hydrogens is 512 g/mol. The third kappa shape index (κ3) is 5.43. The second-order valence-electron chi connectivity index (χ2n) is 10.1. The van der Waals surface area contributed by atoms with E-state index >= 15 is 0 Å². The van der Waals surface area contributed by atoms with Crippen LogP contribution in [0.4, 0.5) is 5.82 Å². The molecule has 0 aliphatic carbocycles. The van der Waals surface area contributed by atoms with Gasteiger partial charge < -0.3 is 4.90 Å². The molecule has 38 heavy (non-hydrogen) atoms. The van der Waals surface area contributed by atoms with Crippen LogP contribution in [0.25, 0.3) is 11.7 Å². The highest BCUT2D eigenvalue weighted by atomic mass is 32.2. The highest BCUT2D eigenvalue weighted by Gasteiger charge is 2.33. The summed E-state index contributed by atoms with van der Waals surface area (Å²) in [5, 5.41) is 0. The Morgan fingerprint density at radius 3 is 2.61 bits per heavy atom. The SMILES string of the molecule is CCCCCCCCN1C(=O)C(=Cc2c(N3CCc4ccccc4C3)nc3c(C)cccn3c2=O)SC1=S. The lowest BCUT2D eigenvalue weighted by atomic mass is 9.99. The molecule has 1 amide bonds. The number of rotatable bonds is 9. The third-order valence-corrected chi connectivity index (χ3v) is 8.76. The van der Waals surface area contributed by atoms with E-state index in [-0.39, 0.29) is 11.5 Å². The van der Waals surface area contributed by atoms with Crippen molar-refractivity contribution in [3.05, 3.63) is 80.1 Å². The van der Waals surface area contributed by atoms with Crippen molar-refractivity contribution in [2.75, 3.05) is 18.0 Å². The molecular formula is C30H34N4O2S2. The number of pyridine rings is 1. The first-order valence-electron chi connectivity index (χ1n) is 13.6. The summed E-state index contributed by atoms with van der Waals surface area (Å²) in [4.78, 5) is 36.6. The summed E-state index contributed by atoms with van der Waals surface area (Å²) in [5.41, 5.74) is 4.40. The first-order chi connectivity index (χ1) is 18.5. The van der Waals surface area contributed by atoms with Gasteiger partial charge in [0, 0.05) is 25.8 Å². The third-order valence-electron chi connectivity index (χ3n) is 7.38. The van der Waals surface area contributed by atoms with Crippen LogP contribution in [0.3, 0.4) is 0 Å². The van der Waals surface area contributed by atoms with Gasteiger partial charge in [0.05, 0.1) is 10.5 Å². The zero-order valence-corrected chi connectivity index (χ0v) is 23.7. The monoisotopic (exact) mass is 546 g/mol. The average Bonchev–Trinajstić information content (AvgIpc) is 3.19. The summed E-state index contributed by atoms with van der Waals surface area (Å²) >= 11 is 6.86. The van der Waals surface area contributed by atoms with Crippen molar-refractivity contribution in [2.24, 2.45) is 0 Å². The normalized spacial score (nSPS) is 16.6. The molecule has 2 aromatic heterocycles. The molecule has 2 aliphatic heterocycles. The number of hydrogen-bond acceptors (Lipinski definition) is 6. The van der Waals surface area contributed by atoms with Gasteiger partial charge in [-0.2, -0.15) is 0 Å². The molecule has 6 nitrogen and oxygen atoms in total. The number of anilines is 1. The Kier molecular flexibility index (Phi) is 8.29. The van der Waals surface area contributed by atoms with E-state index in [4.69, 9.17) is 17.2 Å². The van der Waals surface area contributed by atoms with E-state index in [0.717, 1.165) is 31.4 Å². The molecule has 2 aliphatic rings. The maximum absolute atomic E-state index is 13.8. The fraction of sp³-hybridized carbons (Fsp3) is 0.400. The summed E-state index contributed by atoms with van der Waals surface area (Å²) in [5.74, 6) is 0.511. The van der Waals surface area contributed by atoms with Crippen molar-refractivity contribution in [3.8, 4) is 0 Å². The molecule has 1 saturated heterocycles. The lowest BCUT2D eigenvalue weighted by molar-refractivity contribution is -0.122. The Labute approximate surface area is 233 Å². The Balaban J connectivity index is 1.47. The van der Waals surface area contributed by atoms with Gasteiger partial charge in [0.2, 0.25) is 0 Å². The predicted molar refractivity (Wildman–Crippen MR) is 161 cm³/mol. The fourth-order valence-electron chi connectivity index (χ4n) is 5.22. The second-order valence-corrected chi connectivity index (χ2v) is 11.8. The number of carbonyl (C=O) groups is 1. The molecule has 3 aromatic rings. The fourth-order valence-corrected chi connectivity index (χ4v) is 6.51. The van der Waals surface area contributed by atoms with Gasteiger partial charge in [-0.25, -0.2) is 4.98 Å². The van der Waals surface area contributed by atoms with Crippen LogP contribution in [-0.4, -0.2) is 37.6 Å². The van der Waals surface area contributed by atoms with Crippen molar-refractivity contribution in [2.45, 2.75) is 65.3 Å². The highest BCUT2D eigenvalue weighted by molar-refractivity contribution is 8.26. The van der Waals surface area contributed by atoms with Crippen LogP contribution in [-0.2, 0) is 17.8 Å². The number of nitrogens with zero attached hydrogens (tertiary/aromatic N) is 4. The number of hydrogen-bond donors (Lipinski definition) is 0. The molecule has 0 saturated carbocycles. The molecule has 0 spiro atoms. The van der Waals surface area contributed by atoms with Crippen LogP contribution in [0.2, 0.25) is 0 Å². The van der Waals surface area contributed by atoms with E-state index in [2.05, 4.69) is 30.0 Å². The van der Waals surface area contributed by atoms with E-state index < -0.39 is 0 Å². The van der Waals surface area contributed by atoms with Crippen molar-refractivity contribution in [1.82, 2.24) is 14.3 Å². The number of thioether (sulfide) groups is 1. The molecule has 1 aromatic carbocycles. The molecule has 0 unspecified atom stereocenters. The van der Waals surface area contributed by atoms with Gasteiger partial charge >= 0.3 is 0 Å². The van der Waals surface area contributed by atoms with Gasteiger partial charge in [0.1, 0.15) is 15.8 Å². The summed E-state index contributed by atoms with van der Waals surface area (Å²) in [6, 6.07) is 12.2. The number of amides is 1. The number of unbranched alkanes of at least 4 members (excludes halogenated alkanes) is 5. The Bertz CT molecular complexity index is 1460. The molecule has 0 atom stereocenters. The van der Waals surface area contributed by atoms with E-state index in [0.29, 0.717) is 39.3 Å². The summed E-state index contributed by atoms with van der Waals surface area (Å²) < 4.78 is 2.15. The zero-order chi connectivity index (χ0) is 26.6. The molecule has 8 heteroatoms. The van der Waals surface area contributed by atoms with Gasteiger partial charge in [-0.05, 0) is 48.6 Å². The number of carbonyl (C=O) groups excluding carboxylic acids is 1. The van der Waals surface area contributed by atoms with Gasteiger partial charge in [0.25, 0.3) is 11.5 Å². The number of fused-ring (bicyclic) bond motifs is 2. The number of benzene rings is 1. The molecule has 5 rings (SSSR count). The predicted octanol–water partition coefficient (Wildman–Crippen LogP) is 6.13. The van der Waals surface area contributed by atoms with Gasteiger partial charge in [-0.3, -0.25) is 18.9 Å². The van der Waals surface area contributed by atoms with Crippen molar-refractivity contribution in [1.29, 1.82) is 0 Å². The lowest BCUT2D eigenvalue weighted by Crippen LogP contribution is -2.34. The maximum atomic E-state index is 13.8. The minimum atomic E-state index is -0.172. The molecule has 4 heterocycles. The van der Waals surface area contributed by atoms with Crippen LogP contribution in [0.5, 0.6) is 0 Å². The Morgan fingerprint density at radius 1 is 1.03 bits per heavy atom. The molecule has 198 valence electrons. The van der Waals surface area contributed by atoms with Crippen LogP contribution >= 0.6 is 24.0 Å². The number of aromatic nitrogens is 2. The quantitative estimate of drug-likeness (QED) is 0.183. The lowest BCUT2D eigenvalue weighted by Gasteiger charge is -2.31. The summed E-state index contributed by atoms with van der Waals surface area (Å²) in [6.45, 7) is 6.22. The van der Waals surface area contributed by atoms with Gasteiger partial charge in [-0.15, -0.1) is 0 Å². The standard InChI is InChI=1S/C30H34N4O2S2/c1-3-4-5-6-7-10-16-34-29(36)25(38-30(34)37)19-24-27(31-26-21(2)12-11-17-33(26)28(24)35)32-18-15-22-13-8-9-14-23(22)20-32/h8-9,11-14,17,19H,3-7,10,15-16,18,20H2,1-2H3. The largest absolute Gasteiger partial charge is 0.351 e. The Morgan fingerprint density at radius 2 is 1.79 bits per heavy atom. The minimum Gasteiger partial charge on any atom is -0.351 e. The van der Waals surface area contributed by atoms with Crippen LogP contribution < -0.4 is 10.5 Å². The highest BCUT2D eigenvalue weighted by Crippen LogP contribution is 2.34. The molecule has 0 bridgehead atoms. The van der Waals surface area contributed by atoms with Crippen LogP contribution in [0.15, 0.2) is 52.3 Å². The molecule has 0 N–H and O–H groups in total. The minimum absolute atomic E-state index is 0.114. The van der Waals surface area contributed by atoms with Crippen LogP contribution in [0, 0.1) is 6.92 Å². The van der Waals surface area contributed by atoms with Crippen molar-refractivity contribution in [3.63, 3.8) is 0 Å². The number of thiocarbonyl (C=S) groups is 1. The van der Waals surface area contributed by atoms with Gasteiger partial charge in [-0.1, -0.05) is 93.3 Å². The first kappa shape index (κ1) is 26.6. The van der Waals surface area contributed by atoms with E-state index in [1.165, 1.54) is 48.6 Å². The Hall–Kier alpha value is -2.97. The van der Waals surface area contributed by atoms with Crippen LogP contribution in [0.1, 0.15) is 67.7 Å². The second kappa shape index (κ2) is 11.8. The topological polar surface area (TPSA) is 57.9 Å². The van der Waals surface area contributed by atoms with E-state index in [9.17, 15) is 9.59 Å². The smallest absolute Gasteiger partial charge is 0.267 e. The zero-order valence-electron chi connectivity index (χ0n) is 22.1. The average molecular weight is 547 g/mol. The number of aryl methyl sites for hydroxylation is 1. The molecule has 0 radical (unpaired) electrons. The van der Waals surface area contributed by atoms with Crippen molar-refractivity contribution < 1.29 is 4.79 Å².